The molecule has 1 fully saturated rings. The molecule has 1 saturated heterocycles. The van der Waals surface area contributed by atoms with Crippen LogP contribution in [0, 0.1) is 0 Å². The van der Waals surface area contributed by atoms with E-state index in [-0.39, 0.29) is 5.69 Å². The number of benzene rings is 1. The third-order valence-corrected chi connectivity index (χ3v) is 4.40. The number of piperazine rings is 1. The van der Waals surface area contributed by atoms with E-state index >= 15 is 0 Å². The van der Waals surface area contributed by atoms with E-state index < -0.39 is 6.43 Å². The summed E-state index contributed by atoms with van der Waals surface area (Å²) in [7, 11) is 0. The highest BCUT2D eigenvalue weighted by Gasteiger charge is 2.21. The van der Waals surface area contributed by atoms with E-state index in [1.807, 2.05) is 4.90 Å². The van der Waals surface area contributed by atoms with Crippen molar-refractivity contribution in [3.05, 3.63) is 47.9 Å². The van der Waals surface area contributed by atoms with Crippen LogP contribution in [-0.2, 0) is 0 Å². The Morgan fingerprint density at radius 2 is 1.62 bits per heavy atom. The fraction of sp³-hybridized carbons (Fsp3) is 0.444. The molecule has 0 amide bonds. The molecule has 6 heteroatoms. The van der Waals surface area contributed by atoms with E-state index in [1.54, 1.807) is 0 Å². The van der Waals surface area contributed by atoms with Crippen LogP contribution in [0.1, 0.15) is 37.4 Å². The van der Waals surface area contributed by atoms with Crippen molar-refractivity contribution in [2.75, 3.05) is 36.0 Å². The first-order chi connectivity index (χ1) is 11.6. The number of para-hydroxylation sites is 1. The largest absolute Gasteiger partial charge is 0.368 e. The number of hydrogen-bond donors (Lipinski definition) is 0. The van der Waals surface area contributed by atoms with Crippen LogP contribution in [0.15, 0.2) is 36.7 Å². The van der Waals surface area contributed by atoms with Gasteiger partial charge in [-0.15, -0.1) is 0 Å². The van der Waals surface area contributed by atoms with Crippen LogP contribution in [0.25, 0.3) is 0 Å². The Morgan fingerprint density at radius 3 is 2.29 bits per heavy atom. The van der Waals surface area contributed by atoms with Crippen LogP contribution in [0.4, 0.5) is 20.3 Å². The van der Waals surface area contributed by atoms with Gasteiger partial charge in [-0.25, -0.2) is 18.7 Å². The monoisotopic (exact) mass is 332 g/mol. The molecule has 0 unspecified atom stereocenters. The molecule has 0 saturated carbocycles. The zero-order valence-corrected chi connectivity index (χ0v) is 14.0. The molecular formula is C18H22F2N4. The first-order valence-corrected chi connectivity index (χ1v) is 8.25. The smallest absolute Gasteiger partial charge is 0.280 e. The molecule has 4 nitrogen and oxygen atoms in total. The first kappa shape index (κ1) is 16.6. The highest BCUT2D eigenvalue weighted by molar-refractivity contribution is 5.56. The van der Waals surface area contributed by atoms with Gasteiger partial charge in [0.2, 0.25) is 0 Å². The Morgan fingerprint density at radius 1 is 0.958 bits per heavy atom. The van der Waals surface area contributed by atoms with E-state index in [0.717, 1.165) is 26.2 Å². The van der Waals surface area contributed by atoms with E-state index in [9.17, 15) is 8.78 Å². The molecule has 0 radical (unpaired) electrons. The van der Waals surface area contributed by atoms with Gasteiger partial charge in [0, 0.05) is 37.9 Å². The van der Waals surface area contributed by atoms with Gasteiger partial charge in [0.05, 0.1) is 0 Å². The van der Waals surface area contributed by atoms with Gasteiger partial charge < -0.3 is 9.80 Å². The Balaban J connectivity index is 1.71. The number of halogens is 2. The predicted molar refractivity (Wildman–Crippen MR) is 91.9 cm³/mol. The molecule has 1 aliphatic heterocycles. The van der Waals surface area contributed by atoms with Crippen LogP contribution >= 0.6 is 0 Å². The molecule has 0 N–H and O–H groups in total. The lowest BCUT2D eigenvalue weighted by molar-refractivity contribution is 0.146. The van der Waals surface area contributed by atoms with Crippen molar-refractivity contribution in [2.45, 2.75) is 26.2 Å². The minimum atomic E-state index is -2.56. The highest BCUT2D eigenvalue weighted by Crippen LogP contribution is 2.29. The summed E-state index contributed by atoms with van der Waals surface area (Å²) in [5, 5.41) is 0. The molecule has 2 aromatic rings. The molecular weight excluding hydrogens is 310 g/mol. The van der Waals surface area contributed by atoms with Crippen molar-refractivity contribution in [3.63, 3.8) is 0 Å². The SMILES string of the molecule is CC(C)c1ccccc1N1CCN(c2cc(C(F)F)ncn2)CC1. The van der Waals surface area contributed by atoms with Crippen molar-refractivity contribution >= 4 is 11.5 Å². The summed E-state index contributed by atoms with van der Waals surface area (Å²) < 4.78 is 25.6. The van der Waals surface area contributed by atoms with Gasteiger partial charge >= 0.3 is 0 Å². The van der Waals surface area contributed by atoms with Gasteiger partial charge in [0.1, 0.15) is 17.8 Å². The maximum Gasteiger partial charge on any atom is 0.280 e. The minimum Gasteiger partial charge on any atom is -0.368 e. The second-order valence-corrected chi connectivity index (χ2v) is 6.29. The molecule has 2 heterocycles. The number of hydrogen-bond acceptors (Lipinski definition) is 4. The van der Waals surface area contributed by atoms with Gasteiger partial charge in [-0.2, -0.15) is 0 Å². The van der Waals surface area contributed by atoms with Crippen molar-refractivity contribution in [1.29, 1.82) is 0 Å². The highest BCUT2D eigenvalue weighted by atomic mass is 19.3. The molecule has 1 aromatic heterocycles. The lowest BCUT2D eigenvalue weighted by atomic mass is 10.00. The van der Waals surface area contributed by atoms with Crippen LogP contribution in [0.3, 0.4) is 0 Å². The fourth-order valence-corrected chi connectivity index (χ4v) is 3.09. The Hall–Kier alpha value is -2.24. The van der Waals surface area contributed by atoms with Crippen LogP contribution < -0.4 is 9.80 Å². The van der Waals surface area contributed by atoms with Gasteiger partial charge in [-0.1, -0.05) is 32.0 Å². The second kappa shape index (κ2) is 7.11. The molecule has 0 bridgehead atoms. The normalized spacial score (nSPS) is 15.4. The average Bonchev–Trinajstić information content (AvgIpc) is 2.62. The molecule has 0 atom stereocenters. The maximum atomic E-state index is 12.8. The number of anilines is 2. The van der Waals surface area contributed by atoms with E-state index in [0.29, 0.717) is 11.7 Å². The summed E-state index contributed by atoms with van der Waals surface area (Å²) in [5.74, 6) is 1.05. The third-order valence-electron chi connectivity index (χ3n) is 4.40. The standard InChI is InChI=1S/C18H22F2N4/c1-13(2)14-5-3-4-6-16(14)23-7-9-24(10-8-23)17-11-15(18(19)20)21-12-22-17/h3-6,11-13,18H,7-10H2,1-2H3. The molecule has 0 aliphatic carbocycles. The number of rotatable bonds is 4. The molecule has 3 rings (SSSR count). The molecule has 24 heavy (non-hydrogen) atoms. The summed E-state index contributed by atoms with van der Waals surface area (Å²) >= 11 is 0. The zero-order valence-electron chi connectivity index (χ0n) is 14.0. The summed E-state index contributed by atoms with van der Waals surface area (Å²) in [6.45, 7) is 7.59. The number of nitrogens with zero attached hydrogens (tertiary/aromatic N) is 4. The lowest BCUT2D eigenvalue weighted by Crippen LogP contribution is -2.47. The quantitative estimate of drug-likeness (QED) is 0.851. The minimum absolute atomic E-state index is 0.215. The van der Waals surface area contributed by atoms with Crippen molar-refractivity contribution in [1.82, 2.24) is 9.97 Å². The van der Waals surface area contributed by atoms with E-state index in [2.05, 4.69) is 53.0 Å². The third kappa shape index (κ3) is 3.47. The Labute approximate surface area is 141 Å². The topological polar surface area (TPSA) is 32.3 Å². The van der Waals surface area contributed by atoms with Gasteiger partial charge in [-0.05, 0) is 17.5 Å². The van der Waals surface area contributed by atoms with Crippen molar-refractivity contribution in [3.8, 4) is 0 Å². The predicted octanol–water partition coefficient (Wildman–Crippen LogP) is 3.86. The van der Waals surface area contributed by atoms with Crippen LogP contribution in [0.5, 0.6) is 0 Å². The number of alkyl halides is 2. The number of aromatic nitrogens is 2. The zero-order chi connectivity index (χ0) is 17.1. The van der Waals surface area contributed by atoms with Crippen molar-refractivity contribution < 1.29 is 8.78 Å². The van der Waals surface area contributed by atoms with Crippen molar-refractivity contribution in [2.24, 2.45) is 0 Å². The van der Waals surface area contributed by atoms with E-state index in [1.165, 1.54) is 23.6 Å². The second-order valence-electron chi connectivity index (χ2n) is 6.29. The van der Waals surface area contributed by atoms with Gasteiger partial charge in [0.15, 0.2) is 0 Å². The lowest BCUT2D eigenvalue weighted by Gasteiger charge is -2.38. The maximum absolute atomic E-state index is 12.8. The fourth-order valence-electron chi connectivity index (χ4n) is 3.09. The average molecular weight is 332 g/mol. The van der Waals surface area contributed by atoms with Gasteiger partial charge in [-0.3, -0.25) is 0 Å². The Kier molecular flexibility index (Phi) is 4.92. The first-order valence-electron chi connectivity index (χ1n) is 8.25. The molecule has 1 aromatic carbocycles. The van der Waals surface area contributed by atoms with Crippen LogP contribution in [0.2, 0.25) is 0 Å². The molecule has 128 valence electrons. The summed E-state index contributed by atoms with van der Waals surface area (Å²) in [6.07, 6.45) is -1.34. The van der Waals surface area contributed by atoms with E-state index in [4.69, 9.17) is 0 Å². The summed E-state index contributed by atoms with van der Waals surface area (Å²) in [6, 6.07) is 9.85. The molecule has 1 aliphatic rings. The summed E-state index contributed by atoms with van der Waals surface area (Å²) in [5.41, 5.74) is 2.39. The van der Waals surface area contributed by atoms with Gasteiger partial charge in [0.25, 0.3) is 6.43 Å². The summed E-state index contributed by atoms with van der Waals surface area (Å²) in [4.78, 5) is 12.2. The molecule has 0 spiro atoms. The van der Waals surface area contributed by atoms with Crippen LogP contribution in [-0.4, -0.2) is 36.1 Å². The Bertz CT molecular complexity index is 682.